The molecule has 0 spiro atoms. The van der Waals surface area contributed by atoms with Gasteiger partial charge in [0.15, 0.2) is 6.61 Å². The first-order valence-electron chi connectivity index (χ1n) is 9.74. The van der Waals surface area contributed by atoms with Gasteiger partial charge in [-0.1, -0.05) is 43.3 Å². The van der Waals surface area contributed by atoms with Crippen LogP contribution in [0.5, 0.6) is 5.75 Å². The van der Waals surface area contributed by atoms with Crippen LogP contribution in [0.3, 0.4) is 0 Å². The number of rotatable bonds is 7. The van der Waals surface area contributed by atoms with E-state index in [1.54, 1.807) is 16.2 Å². The molecule has 29 heavy (non-hydrogen) atoms. The Kier molecular flexibility index (Phi) is 5.67. The summed E-state index contributed by atoms with van der Waals surface area (Å²) in [4.78, 5) is 19.2. The van der Waals surface area contributed by atoms with Gasteiger partial charge >= 0.3 is 0 Å². The van der Waals surface area contributed by atoms with Gasteiger partial charge < -0.3 is 14.6 Å². The highest BCUT2D eigenvalue weighted by Crippen LogP contribution is 2.35. The van der Waals surface area contributed by atoms with Gasteiger partial charge in [-0.25, -0.2) is 0 Å². The largest absolute Gasteiger partial charge is 0.484 e. The Morgan fingerprint density at radius 2 is 1.90 bits per heavy atom. The average Bonchev–Trinajstić information content (AvgIpc) is 3.43. The lowest BCUT2D eigenvalue weighted by Gasteiger charge is -2.27. The normalized spacial score (nSPS) is 12.1. The van der Waals surface area contributed by atoms with Crippen LogP contribution in [-0.2, 0) is 11.2 Å². The molecule has 0 fully saturated rings. The van der Waals surface area contributed by atoms with E-state index in [0.29, 0.717) is 5.75 Å². The number of fused-ring (bicyclic) bond motifs is 1. The molecule has 2 aromatic carbocycles. The van der Waals surface area contributed by atoms with Crippen LogP contribution in [-0.4, -0.2) is 29.4 Å². The second kappa shape index (κ2) is 8.53. The number of benzene rings is 2. The molecule has 4 aromatic rings. The molecule has 4 nitrogen and oxygen atoms in total. The van der Waals surface area contributed by atoms with E-state index in [0.717, 1.165) is 27.8 Å². The van der Waals surface area contributed by atoms with Gasteiger partial charge in [-0.15, -0.1) is 11.3 Å². The lowest BCUT2D eigenvalue weighted by atomic mass is 10.0. The molecule has 0 bridgehead atoms. The number of carbonyl (C=O) groups excluding carboxylic acids is 1. The number of ether oxygens (including phenoxy) is 1. The summed E-state index contributed by atoms with van der Waals surface area (Å²) in [6.45, 7) is 2.12. The summed E-state index contributed by atoms with van der Waals surface area (Å²) in [5, 5.41) is 3.17. The molecule has 0 radical (unpaired) electrons. The van der Waals surface area contributed by atoms with Crippen molar-refractivity contribution in [3.63, 3.8) is 0 Å². The molecule has 0 aliphatic carbocycles. The zero-order valence-electron chi connectivity index (χ0n) is 16.6. The maximum atomic E-state index is 13.0. The topological polar surface area (TPSA) is 45.3 Å². The molecule has 0 saturated carbocycles. The van der Waals surface area contributed by atoms with Crippen molar-refractivity contribution in [2.24, 2.45) is 0 Å². The van der Waals surface area contributed by atoms with Gasteiger partial charge in [-0.2, -0.15) is 0 Å². The lowest BCUT2D eigenvalue weighted by molar-refractivity contribution is -0.133. The van der Waals surface area contributed by atoms with E-state index in [1.807, 2.05) is 61.1 Å². The Balaban J connectivity index is 1.56. The third kappa shape index (κ3) is 4.05. The quantitative estimate of drug-likeness (QED) is 0.447. The highest BCUT2D eigenvalue weighted by molar-refractivity contribution is 7.10. The van der Waals surface area contributed by atoms with Gasteiger partial charge in [-0.05, 0) is 41.6 Å². The molecule has 0 saturated heterocycles. The first kappa shape index (κ1) is 19.3. The number of aromatic amines is 1. The van der Waals surface area contributed by atoms with Gasteiger partial charge in [0.05, 0.1) is 6.04 Å². The number of hydrogen-bond donors (Lipinski definition) is 1. The molecular weight excluding hydrogens is 380 g/mol. The number of likely N-dealkylation sites (N-methyl/N-ethyl adjacent to an activating group) is 1. The van der Waals surface area contributed by atoms with Crippen molar-refractivity contribution < 1.29 is 9.53 Å². The third-order valence-electron chi connectivity index (χ3n) is 5.20. The van der Waals surface area contributed by atoms with Crippen LogP contribution in [0.4, 0.5) is 0 Å². The van der Waals surface area contributed by atoms with Crippen molar-refractivity contribution in [1.29, 1.82) is 0 Å². The van der Waals surface area contributed by atoms with Gasteiger partial charge in [0, 0.05) is 34.6 Å². The maximum absolute atomic E-state index is 13.0. The van der Waals surface area contributed by atoms with Crippen LogP contribution < -0.4 is 4.74 Å². The summed E-state index contributed by atoms with van der Waals surface area (Å²) >= 11 is 1.65. The molecule has 4 rings (SSSR count). The molecule has 5 heteroatoms. The minimum atomic E-state index is -0.162. The fourth-order valence-electron chi connectivity index (χ4n) is 3.53. The molecule has 0 aliphatic rings. The SMILES string of the molecule is CCc1ccc(OCC(=O)N(C)[C@H](c2cccs2)c2c[nH]c3ccccc23)cc1. The average molecular weight is 405 g/mol. The number of carbonyl (C=O) groups is 1. The van der Waals surface area contributed by atoms with Crippen LogP contribution in [0.15, 0.2) is 72.2 Å². The molecule has 0 aliphatic heterocycles. The van der Waals surface area contributed by atoms with E-state index >= 15 is 0 Å². The monoisotopic (exact) mass is 404 g/mol. The van der Waals surface area contributed by atoms with Crippen molar-refractivity contribution in [2.45, 2.75) is 19.4 Å². The minimum absolute atomic E-state index is 0.00615. The Morgan fingerprint density at radius 1 is 1.10 bits per heavy atom. The Bertz CT molecular complexity index is 1080. The maximum Gasteiger partial charge on any atom is 0.261 e. The number of H-pyrrole nitrogens is 1. The number of para-hydroxylation sites is 1. The van der Waals surface area contributed by atoms with Crippen molar-refractivity contribution in [3.8, 4) is 5.75 Å². The van der Waals surface area contributed by atoms with E-state index in [1.165, 1.54) is 5.56 Å². The molecule has 1 atom stereocenters. The second-order valence-electron chi connectivity index (χ2n) is 7.00. The first-order chi connectivity index (χ1) is 14.2. The minimum Gasteiger partial charge on any atom is -0.484 e. The fraction of sp³-hybridized carbons (Fsp3) is 0.208. The molecule has 1 N–H and O–H groups in total. The Morgan fingerprint density at radius 3 is 2.62 bits per heavy atom. The zero-order chi connectivity index (χ0) is 20.2. The number of amides is 1. The van der Waals surface area contributed by atoms with Gasteiger partial charge in [0.25, 0.3) is 5.91 Å². The predicted octanol–water partition coefficient (Wildman–Crippen LogP) is 5.42. The number of nitrogens with zero attached hydrogens (tertiary/aromatic N) is 1. The number of aromatic nitrogens is 1. The summed E-state index contributed by atoms with van der Waals surface area (Å²) < 4.78 is 5.77. The van der Waals surface area contributed by atoms with Crippen LogP contribution >= 0.6 is 11.3 Å². The van der Waals surface area contributed by atoms with Crippen LogP contribution in [0.25, 0.3) is 10.9 Å². The molecule has 1 amide bonds. The predicted molar refractivity (Wildman–Crippen MR) is 119 cm³/mol. The summed E-state index contributed by atoms with van der Waals surface area (Å²) in [5.41, 5.74) is 3.40. The molecule has 148 valence electrons. The molecule has 2 aromatic heterocycles. The third-order valence-corrected chi connectivity index (χ3v) is 6.13. The highest BCUT2D eigenvalue weighted by Gasteiger charge is 2.27. The fourth-order valence-corrected chi connectivity index (χ4v) is 4.42. The van der Waals surface area contributed by atoms with E-state index in [-0.39, 0.29) is 18.6 Å². The Labute approximate surface area is 174 Å². The van der Waals surface area contributed by atoms with E-state index in [2.05, 4.69) is 30.1 Å². The first-order valence-corrected chi connectivity index (χ1v) is 10.6. The van der Waals surface area contributed by atoms with Crippen LogP contribution in [0.2, 0.25) is 0 Å². The highest BCUT2D eigenvalue weighted by atomic mass is 32.1. The lowest BCUT2D eigenvalue weighted by Crippen LogP contribution is -2.35. The summed E-state index contributed by atoms with van der Waals surface area (Å²) in [7, 11) is 1.85. The number of hydrogen-bond acceptors (Lipinski definition) is 3. The number of thiophene rings is 1. The zero-order valence-corrected chi connectivity index (χ0v) is 17.4. The van der Waals surface area contributed by atoms with E-state index < -0.39 is 0 Å². The van der Waals surface area contributed by atoms with Crippen molar-refractivity contribution in [3.05, 3.63) is 88.2 Å². The summed E-state index contributed by atoms with van der Waals surface area (Å²) in [6, 6.07) is 20.0. The van der Waals surface area contributed by atoms with Crippen molar-refractivity contribution in [2.75, 3.05) is 13.7 Å². The van der Waals surface area contributed by atoms with E-state index in [4.69, 9.17) is 4.74 Å². The van der Waals surface area contributed by atoms with Gasteiger partial charge in [0.2, 0.25) is 0 Å². The van der Waals surface area contributed by atoms with Crippen LogP contribution in [0.1, 0.15) is 29.0 Å². The van der Waals surface area contributed by atoms with Crippen molar-refractivity contribution in [1.82, 2.24) is 9.88 Å². The molecular formula is C24H24N2O2S. The standard InChI is InChI=1S/C24H24N2O2S/c1-3-17-10-12-18(13-11-17)28-16-23(27)26(2)24(22-9-6-14-29-22)20-15-25-21-8-5-4-7-19(20)21/h4-15,24-25H,3,16H2,1-2H3/t24-/m0/s1. The number of nitrogens with one attached hydrogen (secondary N) is 1. The van der Waals surface area contributed by atoms with Gasteiger partial charge in [-0.3, -0.25) is 4.79 Å². The summed E-state index contributed by atoms with van der Waals surface area (Å²) in [5.74, 6) is 0.650. The smallest absolute Gasteiger partial charge is 0.261 e. The summed E-state index contributed by atoms with van der Waals surface area (Å²) in [6.07, 6.45) is 2.98. The van der Waals surface area contributed by atoms with E-state index in [9.17, 15) is 4.79 Å². The van der Waals surface area contributed by atoms with Gasteiger partial charge in [0.1, 0.15) is 5.75 Å². The molecule has 0 unspecified atom stereocenters. The van der Waals surface area contributed by atoms with Crippen molar-refractivity contribution >= 4 is 28.1 Å². The Hall–Kier alpha value is -3.05. The van der Waals surface area contributed by atoms with Crippen LogP contribution in [0, 0.1) is 0 Å². The second-order valence-corrected chi connectivity index (χ2v) is 7.98. The molecule has 2 heterocycles. The number of aryl methyl sites for hydroxylation is 1.